The zero-order chi connectivity index (χ0) is 94.5. The lowest BCUT2D eigenvalue weighted by molar-refractivity contribution is -0.140. The Bertz CT molecular complexity index is 5450. The van der Waals surface area contributed by atoms with E-state index >= 15 is 0 Å². The number of benzene rings is 4. The highest BCUT2D eigenvalue weighted by molar-refractivity contribution is 7.90. The second-order valence-corrected chi connectivity index (χ2v) is 33.7. The molecule has 0 bridgehead atoms. The number of H-pyrrole nitrogens is 2. The Hall–Kier alpha value is -13.7. The van der Waals surface area contributed by atoms with E-state index in [-0.39, 0.29) is 126 Å². The molecule has 704 valence electrons. The second-order valence-electron chi connectivity index (χ2n) is 30.4. The predicted octanol–water partition coefficient (Wildman–Crippen LogP) is 1.36. The summed E-state index contributed by atoms with van der Waals surface area (Å²) >= 11 is 0. The number of nitrogens with zero attached hydrogens (tertiary/aromatic N) is 6. The SMILES string of the molecule is Cc1cc(OCCCC(=O)NCCNC(=O)CCC(NC(=O)[C@H](CCC(=O)O)NC(=O)[C@H](CCC(=O)O)NC(=O)CCCCCN)C(=O)NCCNC(=O)CCCOc2cc(C)c(S(=O)(=O)N[C@@H](CNC(=O)c3ccc4c(cnn4CCCNc4ncc[nH]4)c3)C(=O)O)c(C)c2)cc(C)c1S(=O)(=O)N[C@@H](CNC(=O)c1ccc2c(cnn2CCCNc2ncc[nH]2)c1)C(=O)O. The van der Waals surface area contributed by atoms with Gasteiger partial charge in [0, 0.05) is 151 Å². The van der Waals surface area contributed by atoms with Crippen LogP contribution in [0, 0.1) is 27.7 Å². The Balaban J connectivity index is 0.782. The lowest BCUT2D eigenvalue weighted by Crippen LogP contribution is -2.57. The normalized spacial score (nSPS) is 12.6. The van der Waals surface area contributed by atoms with Crippen molar-refractivity contribution in [1.29, 1.82) is 0 Å². The zero-order valence-electron chi connectivity index (χ0n) is 72.3. The summed E-state index contributed by atoms with van der Waals surface area (Å²) in [7, 11) is -9.05. The van der Waals surface area contributed by atoms with Crippen molar-refractivity contribution in [2.75, 3.05) is 82.8 Å². The first kappa shape index (κ1) is 102. The number of unbranched alkanes of at least 4 members (excludes halogenated alkanes) is 2. The Kier molecular flexibility index (Phi) is 39.7. The maximum atomic E-state index is 14.1. The van der Waals surface area contributed by atoms with Crippen molar-refractivity contribution in [1.82, 2.24) is 96.8 Å². The average molecular weight is 1850 g/mol. The van der Waals surface area contributed by atoms with Gasteiger partial charge in [0.25, 0.3) is 11.8 Å². The fourth-order valence-corrected chi connectivity index (χ4v) is 17.0. The first-order valence-electron chi connectivity index (χ1n) is 42.1. The molecule has 0 aliphatic rings. The number of hydrogen-bond donors (Lipinski definition) is 20. The van der Waals surface area contributed by atoms with Gasteiger partial charge in [-0.2, -0.15) is 19.6 Å². The number of carboxylic acids is 4. The molecule has 0 fully saturated rings. The minimum absolute atomic E-state index is 0.0152. The molecule has 0 saturated carbocycles. The highest BCUT2D eigenvalue weighted by atomic mass is 32.2. The molecule has 4 aromatic carbocycles. The van der Waals surface area contributed by atoms with Crippen LogP contribution < -0.4 is 83.1 Å². The van der Waals surface area contributed by atoms with Crippen molar-refractivity contribution < 1.29 is 109 Å². The summed E-state index contributed by atoms with van der Waals surface area (Å²) in [6, 6.07) is 6.99. The molecule has 47 heteroatoms. The zero-order valence-corrected chi connectivity index (χ0v) is 73.9. The lowest BCUT2D eigenvalue weighted by Gasteiger charge is -2.25. The van der Waals surface area contributed by atoms with Gasteiger partial charge in [0.1, 0.15) is 41.7 Å². The van der Waals surface area contributed by atoms with E-state index in [1.165, 1.54) is 52.0 Å². The summed E-state index contributed by atoms with van der Waals surface area (Å²) in [5.41, 5.74) is 8.21. The number of amides is 9. The number of sulfonamides is 2. The van der Waals surface area contributed by atoms with E-state index in [0.717, 1.165) is 11.0 Å². The van der Waals surface area contributed by atoms with Gasteiger partial charge < -0.3 is 104 Å². The van der Waals surface area contributed by atoms with Crippen molar-refractivity contribution in [3.05, 3.63) is 131 Å². The van der Waals surface area contributed by atoms with Gasteiger partial charge in [0.2, 0.25) is 61.4 Å². The Morgan fingerprint density at radius 1 is 0.431 bits per heavy atom. The van der Waals surface area contributed by atoms with Gasteiger partial charge in [-0.05, 0) is 175 Å². The number of anilines is 2. The minimum Gasteiger partial charge on any atom is -0.494 e. The van der Waals surface area contributed by atoms with Crippen molar-refractivity contribution in [3.8, 4) is 11.5 Å². The highest BCUT2D eigenvalue weighted by Gasteiger charge is 2.34. The molecule has 4 aromatic heterocycles. The monoisotopic (exact) mass is 1850 g/mol. The number of aromatic amines is 2. The minimum atomic E-state index is -4.54. The number of carbonyl (C=O) groups excluding carboxylic acids is 9. The van der Waals surface area contributed by atoms with Gasteiger partial charge in [-0.25, -0.2) is 26.8 Å². The molecular formula is C83H112N22O23S2. The number of nitrogens with one attached hydrogen (secondary N) is 15. The van der Waals surface area contributed by atoms with Crippen LogP contribution in [-0.4, -0.2) is 256 Å². The molecule has 9 amide bonds. The molecule has 0 radical (unpaired) electrons. The van der Waals surface area contributed by atoms with E-state index in [4.69, 9.17) is 15.2 Å². The molecule has 8 aromatic rings. The van der Waals surface area contributed by atoms with Gasteiger partial charge in [-0.3, -0.25) is 71.7 Å². The molecule has 0 spiro atoms. The molecule has 21 N–H and O–H groups in total. The number of aromatic nitrogens is 8. The lowest BCUT2D eigenvalue weighted by atomic mass is 10.1. The van der Waals surface area contributed by atoms with Crippen LogP contribution in [0.4, 0.5) is 11.9 Å². The van der Waals surface area contributed by atoms with Crippen LogP contribution in [0.3, 0.4) is 0 Å². The Morgan fingerprint density at radius 2 is 0.823 bits per heavy atom. The molecule has 0 aliphatic heterocycles. The third-order valence-corrected chi connectivity index (χ3v) is 23.7. The predicted molar refractivity (Wildman–Crippen MR) is 471 cm³/mol. The first-order valence-corrected chi connectivity index (χ1v) is 45.1. The van der Waals surface area contributed by atoms with Crippen LogP contribution >= 0.6 is 0 Å². The average Bonchev–Trinajstić information content (AvgIpc) is 1.20. The second kappa shape index (κ2) is 50.8. The number of imidazole rings is 2. The van der Waals surface area contributed by atoms with Crippen LogP contribution in [0.15, 0.2) is 108 Å². The molecule has 0 saturated heterocycles. The van der Waals surface area contributed by atoms with E-state index in [2.05, 4.69) is 98.1 Å². The fourth-order valence-electron chi connectivity index (χ4n) is 13.7. The number of carboxylic acid groups (broad SMARTS) is 4. The van der Waals surface area contributed by atoms with Crippen LogP contribution in [-0.2, 0) is 85.9 Å². The van der Waals surface area contributed by atoms with Gasteiger partial charge >= 0.3 is 23.9 Å². The fraction of sp³-hybridized carbons (Fsp3) is 0.458. The summed E-state index contributed by atoms with van der Waals surface area (Å²) in [5, 5.41) is 78.4. The number of aryl methyl sites for hydroxylation is 6. The van der Waals surface area contributed by atoms with Crippen LogP contribution in [0.25, 0.3) is 21.8 Å². The Labute approximate surface area is 747 Å². The number of rotatable bonds is 60. The number of fused-ring (bicyclic) bond motifs is 2. The number of ether oxygens (including phenoxy) is 2. The van der Waals surface area contributed by atoms with E-state index < -0.39 is 179 Å². The number of hydrogen-bond acceptors (Lipinski definition) is 26. The van der Waals surface area contributed by atoms with Crippen molar-refractivity contribution in [2.24, 2.45) is 5.73 Å². The summed E-state index contributed by atoms with van der Waals surface area (Å²) < 4.78 is 74.8. The van der Waals surface area contributed by atoms with Crippen molar-refractivity contribution >= 4 is 131 Å². The maximum Gasteiger partial charge on any atom is 0.323 e. The number of nitrogens with two attached hydrogens (primary N) is 1. The summed E-state index contributed by atoms with van der Waals surface area (Å²) in [4.78, 5) is 183. The summed E-state index contributed by atoms with van der Waals surface area (Å²) in [6.07, 6.45) is 9.75. The molecule has 8 rings (SSSR count). The van der Waals surface area contributed by atoms with Crippen LogP contribution in [0.1, 0.15) is 146 Å². The molecule has 4 heterocycles. The topological polar surface area (TPSA) is 665 Å². The summed E-state index contributed by atoms with van der Waals surface area (Å²) in [6.45, 7) is 6.71. The number of aliphatic carboxylic acids is 4. The third kappa shape index (κ3) is 32.9. The molecule has 45 nitrogen and oxygen atoms in total. The van der Waals surface area contributed by atoms with E-state index in [0.29, 0.717) is 87.5 Å². The summed E-state index contributed by atoms with van der Waals surface area (Å²) in [5.74, 6) is -10.7. The molecule has 1 unspecified atom stereocenters. The largest absolute Gasteiger partial charge is 0.494 e. The highest BCUT2D eigenvalue weighted by Crippen LogP contribution is 2.29. The van der Waals surface area contributed by atoms with E-state index in [9.17, 15) is 99.6 Å². The van der Waals surface area contributed by atoms with Gasteiger partial charge in [-0.15, -0.1) is 0 Å². The first-order chi connectivity index (χ1) is 62.1. The van der Waals surface area contributed by atoms with Crippen molar-refractivity contribution in [2.45, 2.75) is 184 Å². The standard InChI is InChI=1S/C83H112N22O23S2/c1-50-40-58(41-51(2)73(50)129(123,124)102-63(80(119)120)48-95-75(114)54-15-20-65-56(44-54)46-97-104(65)36-10-26-89-82-91-32-33-92-82)127-38-8-13-67(106)85-28-29-87-69(108)22-17-60(100-79(118)62(19-24-72(112)113)101-78(117)61(18-23-71(110)111)99-70(109)12-6-5-7-25-84)77(116)88-31-30-86-68(107)14-9-39-128-59-42-52(3)74(53(4)43-59)130(125,126)103-64(81(121)122)49-96-76(115)55-16-21-66-57(45-55)47-98-105(66)37-11-27-90-83-93-34-35-94-83/h15-16,20-21,32-35,40-47,60-64,102-103H,5-14,17-19,22-31,36-39,48-49,84H2,1-4H3,(H,85,106)(H,86,107)(H,87,108)(H,88,116)(H,95,114)(H,96,115)(H,99,109)(H,100,118)(H,101,117)(H,110,111)(H,112,113)(H,119,120)(H,121,122)(H2,89,91,92)(H2,90,93,94)/t60?,61-,62-,63-,64-/m0/s1. The van der Waals surface area contributed by atoms with Gasteiger partial charge in [-0.1, -0.05) is 6.42 Å². The van der Waals surface area contributed by atoms with Gasteiger partial charge in [0.05, 0.1) is 46.4 Å². The quantitative estimate of drug-likeness (QED) is 0.0239. The van der Waals surface area contributed by atoms with Crippen LogP contribution in [0.5, 0.6) is 11.5 Å². The van der Waals surface area contributed by atoms with Crippen molar-refractivity contribution in [3.63, 3.8) is 0 Å². The molecule has 0 aliphatic carbocycles. The van der Waals surface area contributed by atoms with Crippen LogP contribution in [0.2, 0.25) is 0 Å². The Morgan fingerprint density at radius 3 is 1.22 bits per heavy atom. The molecule has 5 atom stereocenters. The third-order valence-electron chi connectivity index (χ3n) is 20.1. The van der Waals surface area contributed by atoms with E-state index in [1.807, 2.05) is 0 Å². The van der Waals surface area contributed by atoms with E-state index in [1.54, 1.807) is 82.9 Å². The molecule has 130 heavy (non-hydrogen) atoms. The molecular weight excluding hydrogens is 1740 g/mol. The number of carbonyl (C=O) groups is 13. The smallest absolute Gasteiger partial charge is 0.323 e. The van der Waals surface area contributed by atoms with Gasteiger partial charge in [0.15, 0.2) is 11.9 Å². The maximum absolute atomic E-state index is 14.1.